The molecule has 3 heteroatoms. The zero-order chi connectivity index (χ0) is 14.1. The van der Waals surface area contributed by atoms with E-state index in [0.29, 0.717) is 0 Å². The summed E-state index contributed by atoms with van der Waals surface area (Å²) >= 11 is 1.54. The number of fused-ring (bicyclic) bond motifs is 1. The molecule has 2 aromatic carbocycles. The first-order chi connectivity index (χ1) is 9.67. The molecule has 0 amide bonds. The highest BCUT2D eigenvalue weighted by molar-refractivity contribution is 8.04. The number of allylic oxidation sites excluding steroid dienone is 1. The second kappa shape index (κ2) is 5.17. The lowest BCUT2D eigenvalue weighted by Gasteiger charge is -2.00. The van der Waals surface area contributed by atoms with E-state index in [4.69, 9.17) is 4.74 Å². The molecule has 0 atom stereocenters. The smallest absolute Gasteiger partial charge is 0.200 e. The molecule has 20 heavy (non-hydrogen) atoms. The molecule has 2 nitrogen and oxygen atoms in total. The maximum Gasteiger partial charge on any atom is 0.200 e. The van der Waals surface area contributed by atoms with Gasteiger partial charge < -0.3 is 4.74 Å². The monoisotopic (exact) mass is 282 g/mol. The van der Waals surface area contributed by atoms with Gasteiger partial charge in [-0.2, -0.15) is 0 Å². The molecule has 0 unspecified atom stereocenters. The molecular weight excluding hydrogens is 268 g/mol. The van der Waals surface area contributed by atoms with Gasteiger partial charge in [0.15, 0.2) is 0 Å². The van der Waals surface area contributed by atoms with Gasteiger partial charge in [0.2, 0.25) is 5.78 Å². The van der Waals surface area contributed by atoms with Gasteiger partial charge in [-0.1, -0.05) is 35.5 Å². The summed E-state index contributed by atoms with van der Waals surface area (Å²) < 4.78 is 5.13. The predicted molar refractivity (Wildman–Crippen MR) is 82.3 cm³/mol. The number of methoxy groups -OCH3 is 1. The van der Waals surface area contributed by atoms with Gasteiger partial charge in [-0.05, 0) is 42.8 Å². The molecule has 0 bridgehead atoms. The van der Waals surface area contributed by atoms with Crippen LogP contribution in [0.5, 0.6) is 5.75 Å². The molecule has 1 heterocycles. The van der Waals surface area contributed by atoms with E-state index in [1.807, 2.05) is 55.5 Å². The summed E-state index contributed by atoms with van der Waals surface area (Å²) in [4.78, 5) is 14.2. The molecule has 0 saturated heterocycles. The van der Waals surface area contributed by atoms with Gasteiger partial charge in [-0.25, -0.2) is 0 Å². The van der Waals surface area contributed by atoms with Gasteiger partial charge in [-0.3, -0.25) is 4.79 Å². The van der Waals surface area contributed by atoms with Crippen LogP contribution in [0.2, 0.25) is 0 Å². The fraction of sp³-hybridized carbons (Fsp3) is 0.118. The van der Waals surface area contributed by atoms with Gasteiger partial charge in [0.05, 0.1) is 12.0 Å². The van der Waals surface area contributed by atoms with Crippen LogP contribution in [0.15, 0.2) is 52.3 Å². The van der Waals surface area contributed by atoms with E-state index in [0.717, 1.165) is 32.2 Å². The molecule has 0 radical (unpaired) electrons. The third-order valence-electron chi connectivity index (χ3n) is 3.24. The maximum atomic E-state index is 12.4. The van der Waals surface area contributed by atoms with Crippen molar-refractivity contribution in [2.24, 2.45) is 0 Å². The van der Waals surface area contributed by atoms with Crippen LogP contribution in [0.25, 0.3) is 6.08 Å². The molecule has 3 rings (SSSR count). The number of Topliss-reactive ketones (excluding diaryl/α,β-unsaturated/α-hetero) is 1. The normalized spacial score (nSPS) is 15.5. The number of ether oxygens (including phenoxy) is 1. The lowest BCUT2D eigenvalue weighted by atomic mass is 10.1. The lowest BCUT2D eigenvalue weighted by Crippen LogP contribution is -1.94. The summed E-state index contributed by atoms with van der Waals surface area (Å²) in [5.41, 5.74) is 2.93. The number of hydrogen-bond acceptors (Lipinski definition) is 3. The predicted octanol–water partition coefficient (Wildman–Crippen LogP) is 4.33. The SMILES string of the molecule is COc1ccc(/C=C2/Sc3ccc(C)cc3C2=O)cc1. The van der Waals surface area contributed by atoms with E-state index in [9.17, 15) is 4.79 Å². The Balaban J connectivity index is 1.92. The molecular formula is C17H14O2S. The van der Waals surface area contributed by atoms with Crippen molar-refractivity contribution in [1.82, 2.24) is 0 Å². The number of carbonyl (C=O) groups excluding carboxylic acids is 1. The molecule has 0 saturated carbocycles. The Bertz CT molecular complexity index is 699. The van der Waals surface area contributed by atoms with Gasteiger partial charge in [0.25, 0.3) is 0 Å². The Hall–Kier alpha value is -2.00. The van der Waals surface area contributed by atoms with Gasteiger partial charge in [0, 0.05) is 10.5 Å². The second-order valence-corrected chi connectivity index (χ2v) is 5.80. The summed E-state index contributed by atoms with van der Waals surface area (Å²) in [6.07, 6.45) is 1.93. The minimum atomic E-state index is 0.115. The molecule has 0 fully saturated rings. The lowest BCUT2D eigenvalue weighted by molar-refractivity contribution is 0.104. The van der Waals surface area contributed by atoms with Crippen molar-refractivity contribution in [3.63, 3.8) is 0 Å². The zero-order valence-electron chi connectivity index (χ0n) is 11.3. The number of hydrogen-bond donors (Lipinski definition) is 0. The quantitative estimate of drug-likeness (QED) is 0.767. The van der Waals surface area contributed by atoms with Gasteiger partial charge >= 0.3 is 0 Å². The van der Waals surface area contributed by atoms with E-state index >= 15 is 0 Å². The van der Waals surface area contributed by atoms with E-state index in [1.165, 1.54) is 11.8 Å². The van der Waals surface area contributed by atoms with E-state index in [1.54, 1.807) is 7.11 Å². The highest BCUT2D eigenvalue weighted by atomic mass is 32.2. The number of rotatable bonds is 2. The van der Waals surface area contributed by atoms with Crippen LogP contribution in [0.4, 0.5) is 0 Å². The fourth-order valence-corrected chi connectivity index (χ4v) is 3.19. The fourth-order valence-electron chi connectivity index (χ4n) is 2.15. The largest absolute Gasteiger partial charge is 0.497 e. The van der Waals surface area contributed by atoms with Gasteiger partial charge in [-0.15, -0.1) is 0 Å². The number of thioether (sulfide) groups is 1. The van der Waals surface area contributed by atoms with Crippen molar-refractivity contribution >= 4 is 23.6 Å². The number of aryl methyl sites for hydroxylation is 1. The minimum Gasteiger partial charge on any atom is -0.497 e. The molecule has 1 aliphatic rings. The highest BCUT2D eigenvalue weighted by Crippen LogP contribution is 2.41. The van der Waals surface area contributed by atoms with Crippen molar-refractivity contribution in [3.05, 3.63) is 64.1 Å². The van der Waals surface area contributed by atoms with Crippen molar-refractivity contribution in [2.75, 3.05) is 7.11 Å². The second-order valence-electron chi connectivity index (χ2n) is 4.71. The Morgan fingerprint density at radius 2 is 1.85 bits per heavy atom. The van der Waals surface area contributed by atoms with Crippen LogP contribution in [0.1, 0.15) is 21.5 Å². The Morgan fingerprint density at radius 3 is 2.55 bits per heavy atom. The van der Waals surface area contributed by atoms with Crippen LogP contribution in [-0.2, 0) is 0 Å². The van der Waals surface area contributed by atoms with Crippen molar-refractivity contribution < 1.29 is 9.53 Å². The van der Waals surface area contributed by atoms with E-state index in [2.05, 4.69) is 0 Å². The number of benzene rings is 2. The topological polar surface area (TPSA) is 26.3 Å². The van der Waals surface area contributed by atoms with E-state index < -0.39 is 0 Å². The first-order valence-corrected chi connectivity index (χ1v) is 7.18. The molecule has 0 aromatic heterocycles. The van der Waals surface area contributed by atoms with Crippen LogP contribution < -0.4 is 4.74 Å². The molecule has 0 aliphatic carbocycles. The van der Waals surface area contributed by atoms with Gasteiger partial charge in [0.1, 0.15) is 5.75 Å². The summed E-state index contributed by atoms with van der Waals surface area (Å²) in [5.74, 6) is 0.931. The number of carbonyl (C=O) groups is 1. The third-order valence-corrected chi connectivity index (χ3v) is 4.34. The first kappa shape index (κ1) is 13.0. The number of ketones is 1. The van der Waals surface area contributed by atoms with Crippen molar-refractivity contribution in [2.45, 2.75) is 11.8 Å². The first-order valence-electron chi connectivity index (χ1n) is 6.36. The molecule has 100 valence electrons. The molecule has 1 aliphatic heterocycles. The van der Waals surface area contributed by atoms with Crippen LogP contribution in [0.3, 0.4) is 0 Å². The third kappa shape index (κ3) is 2.37. The van der Waals surface area contributed by atoms with Crippen LogP contribution in [-0.4, -0.2) is 12.9 Å². The molecule has 2 aromatic rings. The molecule has 0 spiro atoms. The summed E-state index contributed by atoms with van der Waals surface area (Å²) in [6, 6.07) is 13.7. The Morgan fingerprint density at radius 1 is 1.10 bits per heavy atom. The standard InChI is InChI=1S/C17H14O2S/c1-11-3-8-15-14(9-11)17(18)16(20-15)10-12-4-6-13(19-2)7-5-12/h3-10H,1-2H3/b16-10+. The average Bonchev–Trinajstić information content (AvgIpc) is 2.76. The molecule has 0 N–H and O–H groups in total. The van der Waals surface area contributed by atoms with Crippen LogP contribution in [0, 0.1) is 6.92 Å². The van der Waals surface area contributed by atoms with Crippen molar-refractivity contribution in [1.29, 1.82) is 0 Å². The minimum absolute atomic E-state index is 0.115. The van der Waals surface area contributed by atoms with Crippen molar-refractivity contribution in [3.8, 4) is 5.75 Å². The van der Waals surface area contributed by atoms with Crippen LogP contribution >= 0.6 is 11.8 Å². The summed E-state index contributed by atoms with van der Waals surface area (Å²) in [6.45, 7) is 2.00. The Kier molecular flexibility index (Phi) is 3.36. The maximum absolute atomic E-state index is 12.4. The summed E-state index contributed by atoms with van der Waals surface area (Å²) in [5, 5.41) is 0. The summed E-state index contributed by atoms with van der Waals surface area (Å²) in [7, 11) is 1.64. The van der Waals surface area contributed by atoms with E-state index in [-0.39, 0.29) is 5.78 Å². The Labute approximate surface area is 122 Å². The zero-order valence-corrected chi connectivity index (χ0v) is 12.2. The average molecular weight is 282 g/mol. The highest BCUT2D eigenvalue weighted by Gasteiger charge is 2.25.